The number of nitrogens with zero attached hydrogens (tertiary/aromatic N) is 5. The number of hydrogen-bond donors (Lipinski definition) is 2. The molecule has 0 fully saturated rings. The Morgan fingerprint density at radius 3 is 2.55 bits per heavy atom. The van der Waals surface area contributed by atoms with Crippen LogP contribution < -0.4 is 10.6 Å². The Hall–Kier alpha value is -2.43. The van der Waals surface area contributed by atoms with Crippen LogP contribution in [-0.2, 0) is 26.4 Å². The van der Waals surface area contributed by atoms with Gasteiger partial charge in [0.25, 0.3) is 5.89 Å². The Bertz CT molecular complexity index is 902. The van der Waals surface area contributed by atoms with Crippen molar-refractivity contribution in [3.8, 4) is 11.5 Å². The zero-order chi connectivity index (χ0) is 19.8. The van der Waals surface area contributed by atoms with Crippen molar-refractivity contribution in [1.82, 2.24) is 30.6 Å². The monoisotopic (exact) mass is 509 g/mol. The maximum Gasteiger partial charge on any atom is 0.257 e. The number of rotatable bonds is 8. The number of halogens is 1. The molecule has 2 heterocycles. The molecule has 0 radical (unpaired) electrons. The highest BCUT2D eigenvalue weighted by molar-refractivity contribution is 14.0. The number of nitrogens with one attached hydrogen (secondary N) is 2. The minimum Gasteiger partial charge on any atom is -0.357 e. The van der Waals surface area contributed by atoms with Gasteiger partial charge in [0.05, 0.1) is 12.2 Å². The van der Waals surface area contributed by atoms with Crippen LogP contribution in [0.5, 0.6) is 0 Å². The van der Waals surface area contributed by atoms with Gasteiger partial charge < -0.3 is 15.2 Å². The van der Waals surface area contributed by atoms with E-state index in [-0.39, 0.29) is 24.0 Å². The van der Waals surface area contributed by atoms with Crippen molar-refractivity contribution in [3.05, 3.63) is 53.6 Å². The summed E-state index contributed by atoms with van der Waals surface area (Å²) in [6, 6.07) is 10.2. The molecular formula is C20H28IN7O. The molecule has 8 nitrogen and oxygen atoms in total. The lowest BCUT2D eigenvalue weighted by Crippen LogP contribution is -2.38. The fourth-order valence-corrected chi connectivity index (χ4v) is 2.71. The zero-order valence-electron chi connectivity index (χ0n) is 17.1. The van der Waals surface area contributed by atoms with E-state index in [4.69, 9.17) is 4.52 Å². The summed E-state index contributed by atoms with van der Waals surface area (Å²) in [5, 5.41) is 14.8. The van der Waals surface area contributed by atoms with Crippen LogP contribution in [0.4, 0.5) is 0 Å². The van der Waals surface area contributed by atoms with E-state index in [0.29, 0.717) is 12.4 Å². The van der Waals surface area contributed by atoms with Crippen LogP contribution in [0.25, 0.3) is 11.5 Å². The average Bonchev–Trinajstić information content (AvgIpc) is 3.35. The molecule has 2 N–H and O–H groups in total. The zero-order valence-corrected chi connectivity index (χ0v) is 19.4. The van der Waals surface area contributed by atoms with Crippen molar-refractivity contribution in [2.45, 2.75) is 33.2 Å². The number of benzene rings is 1. The summed E-state index contributed by atoms with van der Waals surface area (Å²) in [7, 11) is 1.92. The Morgan fingerprint density at radius 1 is 1.14 bits per heavy atom. The molecular weight excluding hydrogens is 481 g/mol. The van der Waals surface area contributed by atoms with E-state index < -0.39 is 0 Å². The molecule has 1 aromatic carbocycles. The second kappa shape index (κ2) is 11.5. The van der Waals surface area contributed by atoms with Gasteiger partial charge in [0.2, 0.25) is 0 Å². The van der Waals surface area contributed by atoms with Crippen molar-refractivity contribution in [2.24, 2.45) is 12.0 Å². The number of hydrogen-bond acceptors (Lipinski definition) is 5. The van der Waals surface area contributed by atoms with Gasteiger partial charge in [0.15, 0.2) is 11.8 Å². The lowest BCUT2D eigenvalue weighted by molar-refractivity contribution is 0.423. The van der Waals surface area contributed by atoms with Gasteiger partial charge in [-0.1, -0.05) is 24.2 Å². The minimum atomic E-state index is 0. The molecule has 3 rings (SSSR count). The molecule has 156 valence electrons. The number of aliphatic imine (C=N–C) groups is 1. The third kappa shape index (κ3) is 6.55. The van der Waals surface area contributed by atoms with Crippen LogP contribution in [0.15, 0.2) is 46.0 Å². The van der Waals surface area contributed by atoms with Crippen LogP contribution in [-0.4, -0.2) is 39.0 Å². The van der Waals surface area contributed by atoms with Gasteiger partial charge >= 0.3 is 0 Å². The molecule has 0 aliphatic carbocycles. The minimum absolute atomic E-state index is 0. The van der Waals surface area contributed by atoms with Crippen LogP contribution in [0.1, 0.15) is 30.9 Å². The summed E-state index contributed by atoms with van der Waals surface area (Å²) in [6.07, 6.45) is 3.44. The second-order valence-corrected chi connectivity index (χ2v) is 6.38. The Kier molecular flexibility index (Phi) is 9.10. The molecule has 9 heteroatoms. The molecule has 29 heavy (non-hydrogen) atoms. The molecule has 3 aromatic rings. The van der Waals surface area contributed by atoms with Gasteiger partial charge in [-0.05, 0) is 37.1 Å². The van der Waals surface area contributed by atoms with Gasteiger partial charge in [-0.15, -0.1) is 24.0 Å². The van der Waals surface area contributed by atoms with E-state index in [9.17, 15) is 0 Å². The molecule has 0 aliphatic rings. The number of aromatic nitrogens is 4. The molecule has 0 amide bonds. The molecule has 0 unspecified atom stereocenters. The Labute approximate surface area is 188 Å². The predicted molar refractivity (Wildman–Crippen MR) is 124 cm³/mol. The van der Waals surface area contributed by atoms with Gasteiger partial charge in [0.1, 0.15) is 0 Å². The first-order valence-electron chi connectivity index (χ1n) is 9.60. The van der Waals surface area contributed by atoms with Crippen molar-refractivity contribution in [1.29, 1.82) is 0 Å². The van der Waals surface area contributed by atoms with Gasteiger partial charge in [0, 0.05) is 38.3 Å². The summed E-state index contributed by atoms with van der Waals surface area (Å²) in [4.78, 5) is 8.98. The average molecular weight is 509 g/mol. The maximum absolute atomic E-state index is 5.28. The lowest BCUT2D eigenvalue weighted by atomic mass is 10.1. The highest BCUT2D eigenvalue weighted by Crippen LogP contribution is 2.18. The first-order chi connectivity index (χ1) is 13.7. The van der Waals surface area contributed by atoms with E-state index in [0.717, 1.165) is 49.0 Å². The highest BCUT2D eigenvalue weighted by Gasteiger charge is 2.07. The van der Waals surface area contributed by atoms with Crippen LogP contribution in [0, 0.1) is 0 Å². The molecule has 2 aromatic heterocycles. The normalized spacial score (nSPS) is 11.2. The largest absolute Gasteiger partial charge is 0.357 e. The molecule has 0 saturated heterocycles. The summed E-state index contributed by atoms with van der Waals surface area (Å²) in [6.45, 7) is 6.26. The van der Waals surface area contributed by atoms with Crippen molar-refractivity contribution in [2.75, 3.05) is 13.1 Å². The van der Waals surface area contributed by atoms with Crippen LogP contribution >= 0.6 is 24.0 Å². The van der Waals surface area contributed by atoms with E-state index in [1.165, 1.54) is 5.56 Å². The standard InChI is InChI=1S/C20H27N7O.HI/c1-4-18-25-19(28-26-18)16-8-6-15(7-9-16)10-12-22-20(21-5-2)23-14-17-11-13-24-27(17)3;/h6-9,11,13H,4-5,10,12,14H2,1-3H3,(H2,21,22,23);1H. The topological polar surface area (TPSA) is 93.2 Å². The van der Waals surface area contributed by atoms with Gasteiger partial charge in [-0.25, -0.2) is 4.99 Å². The van der Waals surface area contributed by atoms with E-state index >= 15 is 0 Å². The number of guanidine groups is 1. The van der Waals surface area contributed by atoms with Crippen molar-refractivity contribution >= 4 is 29.9 Å². The van der Waals surface area contributed by atoms with Crippen molar-refractivity contribution < 1.29 is 4.52 Å². The maximum atomic E-state index is 5.28. The number of aryl methyl sites for hydroxylation is 2. The second-order valence-electron chi connectivity index (χ2n) is 6.38. The molecule has 0 atom stereocenters. The first kappa shape index (κ1) is 22.9. The predicted octanol–water partition coefficient (Wildman–Crippen LogP) is 2.95. The lowest BCUT2D eigenvalue weighted by Gasteiger charge is -2.11. The quantitative estimate of drug-likeness (QED) is 0.276. The third-order valence-corrected chi connectivity index (χ3v) is 4.36. The van der Waals surface area contributed by atoms with Gasteiger partial charge in [-0.3, -0.25) is 4.68 Å². The Balaban J connectivity index is 0.00000300. The summed E-state index contributed by atoms with van der Waals surface area (Å²) >= 11 is 0. The van der Waals surface area contributed by atoms with Crippen LogP contribution in [0.3, 0.4) is 0 Å². The molecule has 0 bridgehead atoms. The Morgan fingerprint density at radius 2 is 1.93 bits per heavy atom. The van der Waals surface area contributed by atoms with E-state index in [1.807, 2.05) is 36.9 Å². The van der Waals surface area contributed by atoms with E-state index in [1.54, 1.807) is 6.20 Å². The van der Waals surface area contributed by atoms with Crippen LogP contribution in [0.2, 0.25) is 0 Å². The smallest absolute Gasteiger partial charge is 0.257 e. The summed E-state index contributed by atoms with van der Waals surface area (Å²) < 4.78 is 7.12. The third-order valence-electron chi connectivity index (χ3n) is 4.36. The molecule has 0 spiro atoms. The summed E-state index contributed by atoms with van der Waals surface area (Å²) in [5.41, 5.74) is 3.24. The SMILES string of the molecule is CCNC(=NCc1ccnn1C)NCCc1ccc(-c2nc(CC)no2)cc1.I. The fraction of sp³-hybridized carbons (Fsp3) is 0.400. The van der Waals surface area contributed by atoms with Crippen molar-refractivity contribution in [3.63, 3.8) is 0 Å². The first-order valence-corrected chi connectivity index (χ1v) is 9.60. The van der Waals surface area contributed by atoms with Gasteiger partial charge in [-0.2, -0.15) is 10.1 Å². The fourth-order valence-electron chi connectivity index (χ4n) is 2.71. The molecule has 0 saturated carbocycles. The summed E-state index contributed by atoms with van der Waals surface area (Å²) in [5.74, 6) is 2.10. The van der Waals surface area contributed by atoms with E-state index in [2.05, 4.69) is 49.9 Å². The highest BCUT2D eigenvalue weighted by atomic mass is 127. The molecule has 0 aliphatic heterocycles.